The maximum absolute atomic E-state index is 4.52. The monoisotopic (exact) mass is 430 g/mol. The van der Waals surface area contributed by atoms with E-state index < -0.39 is 0 Å². The van der Waals surface area contributed by atoms with E-state index in [0.29, 0.717) is 0 Å². The van der Waals surface area contributed by atoms with Gasteiger partial charge in [-0.2, -0.15) is 25.6 Å². The third-order valence-electron chi connectivity index (χ3n) is 5.57. The molecule has 158 valence electrons. The molecule has 0 fully saturated rings. The summed E-state index contributed by atoms with van der Waals surface area (Å²) >= 11 is 0. The van der Waals surface area contributed by atoms with E-state index in [1.54, 1.807) is 18.6 Å². The molecule has 3 N–H and O–H groups in total. The molecule has 0 amide bonds. The molecule has 0 aliphatic carbocycles. The average Bonchev–Trinajstić information content (AvgIpc) is 3.67. The fourth-order valence-electron chi connectivity index (χ4n) is 4.05. The van der Waals surface area contributed by atoms with E-state index >= 15 is 0 Å². The molecule has 6 aromatic rings. The predicted molar refractivity (Wildman–Crippen MR) is 126 cm³/mol. The Morgan fingerprint density at radius 2 is 1.36 bits per heavy atom. The Morgan fingerprint density at radius 1 is 0.576 bits per heavy atom. The molecular formula is C25H18N8. The second-order valence-corrected chi connectivity index (χ2v) is 7.53. The van der Waals surface area contributed by atoms with Gasteiger partial charge in [0.25, 0.3) is 0 Å². The van der Waals surface area contributed by atoms with Gasteiger partial charge in [-0.1, -0.05) is 36.4 Å². The molecule has 0 bridgehead atoms. The van der Waals surface area contributed by atoms with Gasteiger partial charge < -0.3 is 0 Å². The van der Waals surface area contributed by atoms with Gasteiger partial charge in [0.1, 0.15) is 5.69 Å². The Labute approximate surface area is 188 Å². The number of nitrogens with one attached hydrogen (secondary N) is 3. The number of nitrogens with zero attached hydrogens (tertiary/aromatic N) is 5. The lowest BCUT2D eigenvalue weighted by atomic mass is 9.88. The minimum Gasteiger partial charge on any atom is -0.278 e. The Balaban J connectivity index is 1.58. The minimum absolute atomic E-state index is 0.779. The molecule has 0 atom stereocenters. The van der Waals surface area contributed by atoms with Gasteiger partial charge in [0.05, 0.1) is 23.3 Å². The van der Waals surface area contributed by atoms with Crippen molar-refractivity contribution in [2.24, 2.45) is 0 Å². The second kappa shape index (κ2) is 8.01. The Morgan fingerprint density at radius 3 is 2.15 bits per heavy atom. The normalized spacial score (nSPS) is 11.0. The summed E-state index contributed by atoms with van der Waals surface area (Å²) in [6.45, 7) is 0. The lowest BCUT2D eigenvalue weighted by Crippen LogP contribution is -1.93. The van der Waals surface area contributed by atoms with Crippen molar-refractivity contribution < 1.29 is 0 Å². The van der Waals surface area contributed by atoms with Crippen LogP contribution in [0.15, 0.2) is 91.5 Å². The molecule has 4 heterocycles. The summed E-state index contributed by atoms with van der Waals surface area (Å²) < 4.78 is 0. The van der Waals surface area contributed by atoms with E-state index in [-0.39, 0.29) is 0 Å². The van der Waals surface area contributed by atoms with Gasteiger partial charge in [-0.05, 0) is 52.6 Å². The molecule has 6 rings (SSSR count). The number of aromatic amines is 3. The van der Waals surface area contributed by atoms with Crippen LogP contribution in [0.3, 0.4) is 0 Å². The van der Waals surface area contributed by atoms with Crippen LogP contribution in [0, 0.1) is 0 Å². The average molecular weight is 430 g/mol. The van der Waals surface area contributed by atoms with Gasteiger partial charge in [0.2, 0.25) is 0 Å². The number of aromatic nitrogens is 8. The van der Waals surface area contributed by atoms with Crippen molar-refractivity contribution in [1.82, 2.24) is 40.8 Å². The molecular weight excluding hydrogens is 412 g/mol. The fourth-order valence-corrected chi connectivity index (χ4v) is 4.05. The molecule has 0 radical (unpaired) electrons. The van der Waals surface area contributed by atoms with E-state index in [9.17, 15) is 0 Å². The second-order valence-electron chi connectivity index (χ2n) is 7.53. The standard InChI is InChI=1S/C25H18N8/c1-3-17(21-8-11-27-30-21)13-18(4-1)25-19(5-2-6-20(25)24-15-29-33-32-24)16-7-10-26-23(14-16)22-9-12-28-31-22/h1-15H,(H,27,30)(H,28,31)(H,29,32,33). The summed E-state index contributed by atoms with van der Waals surface area (Å²) in [5.41, 5.74) is 9.72. The highest BCUT2D eigenvalue weighted by atomic mass is 15.3. The fraction of sp³-hybridized carbons (Fsp3) is 0. The zero-order valence-electron chi connectivity index (χ0n) is 17.4. The van der Waals surface area contributed by atoms with Crippen LogP contribution in [0.1, 0.15) is 0 Å². The summed E-state index contributed by atoms with van der Waals surface area (Å²) in [6.07, 6.45) is 7.04. The molecule has 0 aliphatic rings. The summed E-state index contributed by atoms with van der Waals surface area (Å²) in [7, 11) is 0. The van der Waals surface area contributed by atoms with Crippen LogP contribution >= 0.6 is 0 Å². The van der Waals surface area contributed by atoms with Gasteiger partial charge in [0.15, 0.2) is 0 Å². The highest BCUT2D eigenvalue weighted by Crippen LogP contribution is 2.40. The van der Waals surface area contributed by atoms with Crippen LogP contribution in [-0.4, -0.2) is 40.8 Å². The maximum atomic E-state index is 4.52. The van der Waals surface area contributed by atoms with Crippen molar-refractivity contribution in [3.63, 3.8) is 0 Å². The number of H-pyrrole nitrogens is 3. The third-order valence-corrected chi connectivity index (χ3v) is 5.57. The molecule has 0 saturated carbocycles. The molecule has 0 aliphatic heterocycles. The van der Waals surface area contributed by atoms with Crippen LogP contribution in [0.4, 0.5) is 0 Å². The Kier molecular flexibility index (Phi) is 4.58. The molecule has 0 unspecified atom stereocenters. The highest BCUT2D eigenvalue weighted by Gasteiger charge is 2.17. The largest absolute Gasteiger partial charge is 0.278 e. The summed E-state index contributed by atoms with van der Waals surface area (Å²) in [4.78, 5) is 4.52. The van der Waals surface area contributed by atoms with E-state index in [2.05, 4.69) is 83.3 Å². The number of benzene rings is 2. The van der Waals surface area contributed by atoms with Crippen LogP contribution in [0.5, 0.6) is 0 Å². The van der Waals surface area contributed by atoms with E-state index in [1.165, 1.54) is 0 Å². The quantitative estimate of drug-likeness (QED) is 0.357. The van der Waals surface area contributed by atoms with Crippen molar-refractivity contribution in [3.05, 3.63) is 91.5 Å². The number of hydrogen-bond donors (Lipinski definition) is 3. The van der Waals surface area contributed by atoms with E-state index in [4.69, 9.17) is 0 Å². The smallest absolute Gasteiger partial charge is 0.113 e. The first-order chi connectivity index (χ1) is 16.4. The van der Waals surface area contributed by atoms with Gasteiger partial charge >= 0.3 is 0 Å². The first-order valence-corrected chi connectivity index (χ1v) is 10.4. The molecule has 0 saturated heterocycles. The topological polar surface area (TPSA) is 112 Å². The highest BCUT2D eigenvalue weighted by molar-refractivity contribution is 5.94. The summed E-state index contributed by atoms with van der Waals surface area (Å²) in [5.74, 6) is 0. The van der Waals surface area contributed by atoms with Crippen LogP contribution < -0.4 is 0 Å². The molecule has 8 nitrogen and oxygen atoms in total. The van der Waals surface area contributed by atoms with E-state index in [1.807, 2.05) is 30.5 Å². The first kappa shape index (κ1) is 18.9. The van der Waals surface area contributed by atoms with Gasteiger partial charge in [-0.15, -0.1) is 0 Å². The lowest BCUT2D eigenvalue weighted by molar-refractivity contribution is 0.942. The molecule has 33 heavy (non-hydrogen) atoms. The van der Waals surface area contributed by atoms with E-state index in [0.717, 1.165) is 56.2 Å². The Hall–Kier alpha value is -4.85. The molecule has 4 aromatic heterocycles. The van der Waals surface area contributed by atoms with Gasteiger partial charge in [-0.25, -0.2) is 0 Å². The number of rotatable bonds is 5. The van der Waals surface area contributed by atoms with Crippen molar-refractivity contribution in [3.8, 4) is 56.2 Å². The zero-order valence-corrected chi connectivity index (χ0v) is 17.4. The maximum Gasteiger partial charge on any atom is 0.113 e. The zero-order chi connectivity index (χ0) is 22.0. The SMILES string of the molecule is c1cc(-c2ccn[nH]2)cc(-c2c(-c3ccnc(-c4ccn[nH]4)c3)cccc2-c2cn[nH]n2)c1. The molecule has 0 spiro atoms. The molecule has 8 heteroatoms. The first-order valence-electron chi connectivity index (χ1n) is 10.4. The Bertz CT molecular complexity index is 1500. The van der Waals surface area contributed by atoms with Gasteiger partial charge in [-0.3, -0.25) is 15.2 Å². The third kappa shape index (κ3) is 3.49. The van der Waals surface area contributed by atoms with Crippen LogP contribution in [0.25, 0.3) is 56.2 Å². The number of hydrogen-bond acceptors (Lipinski definition) is 5. The number of pyridine rings is 1. The van der Waals surface area contributed by atoms with Crippen LogP contribution in [0.2, 0.25) is 0 Å². The van der Waals surface area contributed by atoms with Crippen molar-refractivity contribution in [2.75, 3.05) is 0 Å². The van der Waals surface area contributed by atoms with Crippen molar-refractivity contribution in [1.29, 1.82) is 0 Å². The predicted octanol–water partition coefficient (Wildman–Crippen LogP) is 4.98. The van der Waals surface area contributed by atoms with Crippen molar-refractivity contribution >= 4 is 0 Å². The van der Waals surface area contributed by atoms with Gasteiger partial charge in [0, 0.05) is 29.7 Å². The summed E-state index contributed by atoms with van der Waals surface area (Å²) in [5, 5.41) is 25.3. The molecule has 2 aromatic carbocycles. The van der Waals surface area contributed by atoms with Crippen LogP contribution in [-0.2, 0) is 0 Å². The lowest BCUT2D eigenvalue weighted by Gasteiger charge is -2.16. The van der Waals surface area contributed by atoms with Crippen molar-refractivity contribution in [2.45, 2.75) is 0 Å². The summed E-state index contributed by atoms with van der Waals surface area (Å²) in [6, 6.07) is 22.6. The minimum atomic E-state index is 0.779.